The summed E-state index contributed by atoms with van der Waals surface area (Å²) in [5.41, 5.74) is 1.74. The summed E-state index contributed by atoms with van der Waals surface area (Å²) < 4.78 is 6.22. The van der Waals surface area contributed by atoms with Crippen LogP contribution in [0.4, 0.5) is 0 Å². The van der Waals surface area contributed by atoms with Crippen LogP contribution in [0.25, 0.3) is 6.08 Å². The van der Waals surface area contributed by atoms with E-state index >= 15 is 0 Å². The molecular formula is C20H17BrN2O2. The highest BCUT2D eigenvalue weighted by Crippen LogP contribution is 2.27. The lowest BCUT2D eigenvalue weighted by Gasteiger charge is -2.07. The van der Waals surface area contributed by atoms with E-state index in [2.05, 4.69) is 27.8 Å². The summed E-state index contributed by atoms with van der Waals surface area (Å²) in [6.07, 6.45) is 3.20. The molecule has 2 rings (SSSR count). The fourth-order valence-electron chi connectivity index (χ4n) is 2.06. The van der Waals surface area contributed by atoms with Crippen LogP contribution in [-0.2, 0) is 11.3 Å². The summed E-state index contributed by atoms with van der Waals surface area (Å²) in [5, 5.41) is 12.0. The molecule has 2 aromatic carbocycles. The first-order chi connectivity index (χ1) is 12.1. The van der Waals surface area contributed by atoms with Gasteiger partial charge in [0.2, 0.25) is 0 Å². The molecule has 0 unspecified atom stereocenters. The zero-order chi connectivity index (χ0) is 18.1. The Balaban J connectivity index is 2.08. The number of nitriles is 1. The summed E-state index contributed by atoms with van der Waals surface area (Å²) >= 11 is 3.42. The number of hydrogen-bond acceptors (Lipinski definition) is 3. The number of halogens is 1. The Hall–Kier alpha value is -2.84. The van der Waals surface area contributed by atoms with Crippen molar-refractivity contribution in [2.45, 2.75) is 6.54 Å². The monoisotopic (exact) mass is 396 g/mol. The lowest BCUT2D eigenvalue weighted by atomic mass is 10.1. The average molecular weight is 397 g/mol. The maximum atomic E-state index is 12.2. The minimum Gasteiger partial charge on any atom is -0.488 e. The molecule has 0 bridgehead atoms. The third-order valence-electron chi connectivity index (χ3n) is 3.28. The molecule has 0 fully saturated rings. The Morgan fingerprint density at radius 1 is 1.28 bits per heavy atom. The molecule has 0 spiro atoms. The predicted octanol–water partition coefficient (Wildman–Crippen LogP) is 4.24. The molecule has 0 saturated carbocycles. The number of ether oxygens (including phenoxy) is 1. The van der Waals surface area contributed by atoms with Crippen molar-refractivity contribution in [3.63, 3.8) is 0 Å². The largest absolute Gasteiger partial charge is 0.488 e. The fourth-order valence-corrected chi connectivity index (χ4v) is 2.57. The average Bonchev–Trinajstić information content (AvgIpc) is 2.64. The molecule has 4 nitrogen and oxygen atoms in total. The molecule has 0 aliphatic rings. The van der Waals surface area contributed by atoms with E-state index < -0.39 is 5.91 Å². The molecule has 2 aromatic rings. The lowest BCUT2D eigenvalue weighted by molar-refractivity contribution is -0.117. The van der Waals surface area contributed by atoms with Crippen LogP contribution in [-0.4, -0.2) is 12.5 Å². The van der Waals surface area contributed by atoms with Crippen LogP contribution in [0, 0.1) is 11.3 Å². The quantitative estimate of drug-likeness (QED) is 0.432. The SMILES string of the molecule is C=CCOc1ccc(C=C(C#N)C(=O)NCc2ccccc2)cc1Br. The number of carbonyl (C=O) groups is 1. The zero-order valence-corrected chi connectivity index (χ0v) is 15.1. The van der Waals surface area contributed by atoms with Gasteiger partial charge >= 0.3 is 0 Å². The summed E-state index contributed by atoms with van der Waals surface area (Å²) in [4.78, 5) is 12.2. The maximum absolute atomic E-state index is 12.2. The van der Waals surface area contributed by atoms with E-state index in [0.717, 1.165) is 15.6 Å². The Labute approximate surface area is 155 Å². The van der Waals surface area contributed by atoms with Gasteiger partial charge in [-0.05, 0) is 45.3 Å². The van der Waals surface area contributed by atoms with Crippen LogP contribution in [0.3, 0.4) is 0 Å². The molecular weight excluding hydrogens is 380 g/mol. The standard InChI is InChI=1S/C20H17BrN2O2/c1-2-10-25-19-9-8-16(12-18(19)21)11-17(13-22)20(24)23-14-15-6-4-3-5-7-15/h2-9,11-12H,1,10,14H2,(H,23,24). The molecule has 5 heteroatoms. The Morgan fingerprint density at radius 2 is 2.04 bits per heavy atom. The van der Waals surface area contributed by atoms with Crippen molar-refractivity contribution in [2.75, 3.05) is 6.61 Å². The van der Waals surface area contributed by atoms with Crippen LogP contribution in [0.5, 0.6) is 5.75 Å². The number of rotatable bonds is 7. The van der Waals surface area contributed by atoms with Crippen molar-refractivity contribution in [1.82, 2.24) is 5.32 Å². The van der Waals surface area contributed by atoms with Gasteiger partial charge in [0.05, 0.1) is 4.47 Å². The number of carbonyl (C=O) groups excluding carboxylic acids is 1. The van der Waals surface area contributed by atoms with Gasteiger partial charge in [0.1, 0.15) is 24.0 Å². The van der Waals surface area contributed by atoms with Gasteiger partial charge in [-0.1, -0.05) is 49.1 Å². The molecule has 1 amide bonds. The van der Waals surface area contributed by atoms with Gasteiger partial charge in [0.25, 0.3) is 5.91 Å². The molecule has 0 saturated heterocycles. The third kappa shape index (κ3) is 5.63. The van der Waals surface area contributed by atoms with Gasteiger partial charge in [0.15, 0.2) is 0 Å². The van der Waals surface area contributed by atoms with Gasteiger partial charge in [0, 0.05) is 6.54 Å². The lowest BCUT2D eigenvalue weighted by Crippen LogP contribution is -2.23. The van der Waals surface area contributed by atoms with Crippen molar-refractivity contribution >= 4 is 27.9 Å². The summed E-state index contributed by atoms with van der Waals surface area (Å²) in [6.45, 7) is 4.38. The number of nitrogens with one attached hydrogen (secondary N) is 1. The molecule has 0 aliphatic heterocycles. The molecule has 0 aromatic heterocycles. The normalized spacial score (nSPS) is 10.6. The van der Waals surface area contributed by atoms with Gasteiger partial charge in [-0.3, -0.25) is 4.79 Å². The van der Waals surface area contributed by atoms with Crippen molar-refractivity contribution in [3.8, 4) is 11.8 Å². The number of nitrogens with zero attached hydrogens (tertiary/aromatic N) is 1. The van der Waals surface area contributed by atoms with Crippen molar-refractivity contribution in [3.05, 3.63) is 82.4 Å². The number of benzene rings is 2. The van der Waals surface area contributed by atoms with E-state index in [1.807, 2.05) is 36.4 Å². The van der Waals surface area contributed by atoms with E-state index in [0.29, 0.717) is 18.9 Å². The second-order valence-corrected chi connectivity index (χ2v) is 5.98. The minimum atomic E-state index is -0.408. The third-order valence-corrected chi connectivity index (χ3v) is 3.90. The van der Waals surface area contributed by atoms with E-state index in [9.17, 15) is 10.1 Å². The highest BCUT2D eigenvalue weighted by molar-refractivity contribution is 9.10. The first kappa shape index (κ1) is 18.5. The Kier molecular flexibility index (Phi) is 7.00. The summed E-state index contributed by atoms with van der Waals surface area (Å²) in [6, 6.07) is 16.8. The number of amides is 1. The zero-order valence-electron chi connectivity index (χ0n) is 13.5. The predicted molar refractivity (Wildman–Crippen MR) is 102 cm³/mol. The van der Waals surface area contributed by atoms with Crippen LogP contribution >= 0.6 is 15.9 Å². The van der Waals surface area contributed by atoms with Crippen molar-refractivity contribution in [2.24, 2.45) is 0 Å². The highest BCUT2D eigenvalue weighted by Gasteiger charge is 2.09. The summed E-state index contributed by atoms with van der Waals surface area (Å²) in [5.74, 6) is 0.263. The fraction of sp³-hybridized carbons (Fsp3) is 0.100. The first-order valence-electron chi connectivity index (χ1n) is 7.61. The first-order valence-corrected chi connectivity index (χ1v) is 8.40. The molecule has 0 heterocycles. The van der Waals surface area contributed by atoms with Gasteiger partial charge in [-0.25, -0.2) is 0 Å². The van der Waals surface area contributed by atoms with Gasteiger partial charge in [-0.2, -0.15) is 5.26 Å². The second kappa shape index (κ2) is 9.45. The highest BCUT2D eigenvalue weighted by atomic mass is 79.9. The van der Waals surface area contributed by atoms with E-state index in [-0.39, 0.29) is 5.57 Å². The van der Waals surface area contributed by atoms with Crippen LogP contribution in [0.15, 0.2) is 71.2 Å². The van der Waals surface area contributed by atoms with Crippen molar-refractivity contribution in [1.29, 1.82) is 5.26 Å². The van der Waals surface area contributed by atoms with Crippen LogP contribution < -0.4 is 10.1 Å². The van der Waals surface area contributed by atoms with E-state index in [4.69, 9.17) is 4.74 Å². The topological polar surface area (TPSA) is 62.1 Å². The van der Waals surface area contributed by atoms with E-state index in [1.165, 1.54) is 0 Å². The molecule has 0 radical (unpaired) electrons. The molecule has 0 atom stereocenters. The Bertz CT molecular complexity index is 823. The smallest absolute Gasteiger partial charge is 0.262 e. The molecule has 126 valence electrons. The van der Waals surface area contributed by atoms with Crippen LogP contribution in [0.1, 0.15) is 11.1 Å². The van der Waals surface area contributed by atoms with Gasteiger partial charge < -0.3 is 10.1 Å². The second-order valence-electron chi connectivity index (χ2n) is 5.13. The van der Waals surface area contributed by atoms with E-state index in [1.54, 1.807) is 30.4 Å². The number of hydrogen-bond donors (Lipinski definition) is 1. The summed E-state index contributed by atoms with van der Waals surface area (Å²) in [7, 11) is 0. The van der Waals surface area contributed by atoms with Crippen LogP contribution in [0.2, 0.25) is 0 Å². The molecule has 25 heavy (non-hydrogen) atoms. The van der Waals surface area contributed by atoms with Gasteiger partial charge in [-0.15, -0.1) is 0 Å². The minimum absolute atomic E-state index is 0.0441. The Morgan fingerprint density at radius 3 is 2.68 bits per heavy atom. The van der Waals surface area contributed by atoms with Crippen molar-refractivity contribution < 1.29 is 9.53 Å². The molecule has 0 aliphatic carbocycles. The molecule has 1 N–H and O–H groups in total. The maximum Gasteiger partial charge on any atom is 0.262 e.